The first-order valence-electron chi connectivity index (χ1n) is 6.06. The van der Waals surface area contributed by atoms with E-state index in [9.17, 15) is 0 Å². The maximum absolute atomic E-state index is 5.79. The summed E-state index contributed by atoms with van der Waals surface area (Å²) in [6.07, 6.45) is 2.86. The van der Waals surface area contributed by atoms with Crippen LogP contribution in [0.25, 0.3) is 10.9 Å². The van der Waals surface area contributed by atoms with E-state index in [4.69, 9.17) is 5.73 Å². The second kappa shape index (κ2) is 4.46. The van der Waals surface area contributed by atoms with Gasteiger partial charge in [-0.3, -0.25) is 4.98 Å². The number of fused-ring (bicyclic) bond motifs is 1. The summed E-state index contributed by atoms with van der Waals surface area (Å²) in [5.74, 6) is 0. The highest BCUT2D eigenvalue weighted by molar-refractivity contribution is 5.82. The molecule has 0 unspecified atom stereocenters. The van der Waals surface area contributed by atoms with E-state index in [2.05, 4.69) is 44.0 Å². The number of nitrogens with two attached hydrogens (primary N) is 1. The molecule has 0 aliphatic rings. The molecule has 0 fully saturated rings. The Morgan fingerprint density at radius 1 is 1.29 bits per heavy atom. The van der Waals surface area contributed by atoms with Crippen molar-refractivity contribution in [2.24, 2.45) is 11.1 Å². The maximum Gasteiger partial charge on any atom is 0.0731 e. The Morgan fingerprint density at radius 3 is 2.76 bits per heavy atom. The molecule has 17 heavy (non-hydrogen) atoms. The molecular formula is C15H20N2. The van der Waals surface area contributed by atoms with E-state index in [1.165, 1.54) is 16.5 Å². The van der Waals surface area contributed by atoms with Crippen LogP contribution in [0.4, 0.5) is 0 Å². The summed E-state index contributed by atoms with van der Waals surface area (Å²) >= 11 is 0. The Balaban J connectivity index is 2.43. The summed E-state index contributed by atoms with van der Waals surface area (Å²) < 4.78 is 0. The molecule has 90 valence electrons. The number of aryl methyl sites for hydroxylation is 1. The number of hydrogen-bond donors (Lipinski definition) is 1. The van der Waals surface area contributed by atoms with Crippen LogP contribution in [0.15, 0.2) is 30.5 Å². The first-order chi connectivity index (χ1) is 8.02. The maximum atomic E-state index is 5.79. The van der Waals surface area contributed by atoms with Gasteiger partial charge in [0.1, 0.15) is 0 Å². The molecular weight excluding hydrogens is 208 g/mol. The second-order valence-corrected chi connectivity index (χ2v) is 5.53. The Bertz CT molecular complexity index is 529. The van der Waals surface area contributed by atoms with Crippen molar-refractivity contribution in [1.82, 2.24) is 4.98 Å². The van der Waals surface area contributed by atoms with Gasteiger partial charge >= 0.3 is 0 Å². The van der Waals surface area contributed by atoms with E-state index in [0.717, 1.165) is 11.9 Å². The molecule has 0 aliphatic carbocycles. The summed E-state index contributed by atoms with van der Waals surface area (Å²) in [5.41, 5.74) is 9.63. The quantitative estimate of drug-likeness (QED) is 0.876. The molecule has 0 saturated carbocycles. The van der Waals surface area contributed by atoms with Crippen molar-refractivity contribution in [2.45, 2.75) is 27.2 Å². The Kier molecular flexibility index (Phi) is 3.16. The van der Waals surface area contributed by atoms with E-state index in [1.807, 2.05) is 12.3 Å². The Hall–Kier alpha value is -1.41. The van der Waals surface area contributed by atoms with Crippen molar-refractivity contribution in [3.63, 3.8) is 0 Å². The molecule has 2 nitrogen and oxygen atoms in total. The molecule has 2 heteroatoms. The number of pyridine rings is 1. The van der Waals surface area contributed by atoms with Crippen LogP contribution >= 0.6 is 0 Å². The highest BCUT2D eigenvalue weighted by Crippen LogP contribution is 2.24. The fourth-order valence-corrected chi connectivity index (χ4v) is 2.18. The van der Waals surface area contributed by atoms with Gasteiger partial charge in [0, 0.05) is 11.6 Å². The standard InChI is InChI=1S/C15H20N2/c1-11-7-12(9-15(2,3)10-16)8-13-5-4-6-17-14(11)13/h4-8H,9-10,16H2,1-3H3. The molecule has 0 bridgehead atoms. The molecule has 2 aromatic rings. The number of benzene rings is 1. The van der Waals surface area contributed by atoms with Crippen molar-refractivity contribution in [1.29, 1.82) is 0 Å². The molecule has 1 heterocycles. The number of hydrogen-bond acceptors (Lipinski definition) is 2. The molecule has 0 aliphatic heterocycles. The predicted octanol–water partition coefficient (Wildman–Crippen LogP) is 3.07. The lowest BCUT2D eigenvalue weighted by Crippen LogP contribution is -2.25. The second-order valence-electron chi connectivity index (χ2n) is 5.53. The number of nitrogens with zero attached hydrogens (tertiary/aromatic N) is 1. The van der Waals surface area contributed by atoms with E-state index in [-0.39, 0.29) is 5.41 Å². The van der Waals surface area contributed by atoms with Gasteiger partial charge in [-0.25, -0.2) is 0 Å². The lowest BCUT2D eigenvalue weighted by Gasteiger charge is -2.22. The highest BCUT2D eigenvalue weighted by Gasteiger charge is 2.16. The summed E-state index contributed by atoms with van der Waals surface area (Å²) in [6.45, 7) is 7.23. The average Bonchev–Trinajstić information content (AvgIpc) is 2.28. The van der Waals surface area contributed by atoms with Crippen molar-refractivity contribution in [3.8, 4) is 0 Å². The van der Waals surface area contributed by atoms with E-state index >= 15 is 0 Å². The van der Waals surface area contributed by atoms with Crippen LogP contribution in [0.2, 0.25) is 0 Å². The van der Waals surface area contributed by atoms with Crippen LogP contribution in [0, 0.1) is 12.3 Å². The van der Waals surface area contributed by atoms with Crippen LogP contribution in [-0.4, -0.2) is 11.5 Å². The summed E-state index contributed by atoms with van der Waals surface area (Å²) in [5, 5.41) is 1.22. The number of aromatic nitrogens is 1. The fourth-order valence-electron chi connectivity index (χ4n) is 2.18. The van der Waals surface area contributed by atoms with E-state index in [1.54, 1.807) is 0 Å². The molecule has 2 rings (SSSR count). The van der Waals surface area contributed by atoms with Crippen LogP contribution in [0.5, 0.6) is 0 Å². The molecule has 0 amide bonds. The van der Waals surface area contributed by atoms with Gasteiger partial charge < -0.3 is 5.73 Å². The smallest absolute Gasteiger partial charge is 0.0731 e. The van der Waals surface area contributed by atoms with Gasteiger partial charge in [0.2, 0.25) is 0 Å². The summed E-state index contributed by atoms with van der Waals surface area (Å²) in [7, 11) is 0. The minimum Gasteiger partial charge on any atom is -0.330 e. The van der Waals surface area contributed by atoms with Crippen LogP contribution in [0.3, 0.4) is 0 Å². The fraction of sp³-hybridized carbons (Fsp3) is 0.400. The molecule has 1 aromatic heterocycles. The van der Waals surface area contributed by atoms with Crippen molar-refractivity contribution >= 4 is 10.9 Å². The topological polar surface area (TPSA) is 38.9 Å². The third kappa shape index (κ3) is 2.64. The molecule has 0 saturated heterocycles. The SMILES string of the molecule is Cc1cc(CC(C)(C)CN)cc2cccnc12. The zero-order chi connectivity index (χ0) is 12.5. The first-order valence-corrected chi connectivity index (χ1v) is 6.06. The van der Waals surface area contributed by atoms with Gasteiger partial charge in [-0.05, 0) is 48.6 Å². The molecule has 0 atom stereocenters. The summed E-state index contributed by atoms with van der Waals surface area (Å²) in [6, 6.07) is 8.56. The van der Waals surface area contributed by atoms with Crippen LogP contribution < -0.4 is 5.73 Å². The van der Waals surface area contributed by atoms with Gasteiger partial charge in [0.15, 0.2) is 0 Å². The predicted molar refractivity (Wildman–Crippen MR) is 73.0 cm³/mol. The van der Waals surface area contributed by atoms with Gasteiger partial charge in [-0.1, -0.05) is 26.0 Å². The summed E-state index contributed by atoms with van der Waals surface area (Å²) in [4.78, 5) is 4.41. The highest BCUT2D eigenvalue weighted by atomic mass is 14.6. The van der Waals surface area contributed by atoms with Crippen molar-refractivity contribution in [2.75, 3.05) is 6.54 Å². The van der Waals surface area contributed by atoms with Gasteiger partial charge in [0.05, 0.1) is 5.52 Å². The van der Waals surface area contributed by atoms with Crippen LogP contribution in [0.1, 0.15) is 25.0 Å². The van der Waals surface area contributed by atoms with Crippen LogP contribution in [-0.2, 0) is 6.42 Å². The van der Waals surface area contributed by atoms with Gasteiger partial charge in [-0.15, -0.1) is 0 Å². The van der Waals surface area contributed by atoms with Crippen molar-refractivity contribution < 1.29 is 0 Å². The van der Waals surface area contributed by atoms with Crippen molar-refractivity contribution in [3.05, 3.63) is 41.6 Å². The largest absolute Gasteiger partial charge is 0.330 e. The third-order valence-corrected chi connectivity index (χ3v) is 3.19. The molecule has 2 N–H and O–H groups in total. The van der Waals surface area contributed by atoms with E-state index in [0.29, 0.717) is 6.54 Å². The average molecular weight is 228 g/mol. The van der Waals surface area contributed by atoms with Gasteiger partial charge in [0.25, 0.3) is 0 Å². The Morgan fingerprint density at radius 2 is 2.06 bits per heavy atom. The zero-order valence-electron chi connectivity index (χ0n) is 10.8. The third-order valence-electron chi connectivity index (χ3n) is 3.19. The Labute approximate surface area is 103 Å². The zero-order valence-corrected chi connectivity index (χ0v) is 10.8. The molecule has 1 aromatic carbocycles. The number of rotatable bonds is 3. The van der Waals surface area contributed by atoms with E-state index < -0.39 is 0 Å². The first kappa shape index (κ1) is 12.1. The lowest BCUT2D eigenvalue weighted by molar-refractivity contribution is 0.377. The van der Waals surface area contributed by atoms with Gasteiger partial charge in [-0.2, -0.15) is 0 Å². The molecule has 0 spiro atoms. The minimum absolute atomic E-state index is 0.155. The lowest BCUT2D eigenvalue weighted by atomic mass is 9.85. The monoisotopic (exact) mass is 228 g/mol. The molecule has 0 radical (unpaired) electrons. The normalized spacial score (nSPS) is 12.0. The minimum atomic E-state index is 0.155.